The van der Waals surface area contributed by atoms with Gasteiger partial charge in [0.25, 0.3) is 0 Å². The van der Waals surface area contributed by atoms with Gasteiger partial charge >= 0.3 is 0 Å². The van der Waals surface area contributed by atoms with Gasteiger partial charge in [0.15, 0.2) is 17.5 Å². The summed E-state index contributed by atoms with van der Waals surface area (Å²) in [6.45, 7) is 7.87. The number of rotatable bonds is 7. The smallest absolute Gasteiger partial charge is 0.225 e. The maximum atomic E-state index is 13.9. The third-order valence-electron chi connectivity index (χ3n) is 6.27. The quantitative estimate of drug-likeness (QED) is 0.518. The molecule has 1 fully saturated rings. The number of anilines is 1. The molecule has 1 atom stereocenters. The van der Waals surface area contributed by atoms with Gasteiger partial charge < -0.3 is 9.80 Å². The highest BCUT2D eigenvalue weighted by atomic mass is 19.2. The summed E-state index contributed by atoms with van der Waals surface area (Å²) in [6, 6.07) is 12.4. The Hall–Kier alpha value is -3.09. The summed E-state index contributed by atoms with van der Waals surface area (Å²) < 4.78 is 27.8. The van der Waals surface area contributed by atoms with Crippen molar-refractivity contribution in [2.24, 2.45) is 5.92 Å². The molecule has 2 heterocycles. The van der Waals surface area contributed by atoms with E-state index in [1.165, 1.54) is 5.56 Å². The summed E-state index contributed by atoms with van der Waals surface area (Å²) in [6.07, 6.45) is 2.23. The number of halogens is 2. The van der Waals surface area contributed by atoms with Crippen LogP contribution in [0, 0.1) is 17.6 Å². The number of benzene rings is 2. The Morgan fingerprint density at radius 1 is 1.09 bits per heavy atom. The van der Waals surface area contributed by atoms with Gasteiger partial charge in [-0.25, -0.2) is 18.7 Å². The van der Waals surface area contributed by atoms with Crippen molar-refractivity contribution < 1.29 is 13.6 Å². The first-order valence-electron chi connectivity index (χ1n) is 11.6. The van der Waals surface area contributed by atoms with Gasteiger partial charge in [-0.3, -0.25) is 4.79 Å². The molecule has 174 valence electrons. The van der Waals surface area contributed by atoms with Crippen molar-refractivity contribution in [1.82, 2.24) is 14.9 Å². The van der Waals surface area contributed by atoms with E-state index in [1.54, 1.807) is 0 Å². The molecular formula is C26H30F2N4O. The first-order chi connectivity index (χ1) is 15.9. The zero-order valence-electron chi connectivity index (χ0n) is 19.4. The Labute approximate surface area is 193 Å². The molecule has 0 N–H and O–H groups in total. The van der Waals surface area contributed by atoms with E-state index in [1.807, 2.05) is 43.9 Å². The Balaban J connectivity index is 1.66. The lowest BCUT2D eigenvalue weighted by molar-refractivity contribution is -0.136. The second kappa shape index (κ2) is 9.81. The summed E-state index contributed by atoms with van der Waals surface area (Å²) >= 11 is 0. The van der Waals surface area contributed by atoms with Crippen LogP contribution in [-0.2, 0) is 17.6 Å². The number of amides is 1. The minimum atomic E-state index is -0.932. The highest BCUT2D eigenvalue weighted by Crippen LogP contribution is 2.28. The van der Waals surface area contributed by atoms with Gasteiger partial charge in [0, 0.05) is 37.7 Å². The molecule has 1 aliphatic heterocycles. The number of carbonyl (C=O) groups is 1. The highest BCUT2D eigenvalue weighted by Gasteiger charge is 2.32. The molecule has 1 saturated heterocycles. The van der Waals surface area contributed by atoms with E-state index in [4.69, 9.17) is 9.97 Å². The number of likely N-dealkylation sites (N-methyl/N-ethyl adjacent to an activating group) is 1. The summed E-state index contributed by atoms with van der Waals surface area (Å²) in [4.78, 5) is 26.2. The Kier molecular flexibility index (Phi) is 6.86. The monoisotopic (exact) mass is 452 g/mol. The maximum Gasteiger partial charge on any atom is 0.225 e. The van der Waals surface area contributed by atoms with Gasteiger partial charge in [-0.15, -0.1) is 0 Å². The van der Waals surface area contributed by atoms with E-state index < -0.39 is 11.6 Å². The molecular weight excluding hydrogens is 422 g/mol. The van der Waals surface area contributed by atoms with Crippen LogP contribution in [0.25, 0.3) is 11.0 Å². The average Bonchev–Trinajstić information content (AvgIpc) is 3.28. The summed E-state index contributed by atoms with van der Waals surface area (Å²) in [5.41, 5.74) is 2.62. The number of hydrogen-bond acceptors (Lipinski definition) is 4. The van der Waals surface area contributed by atoms with E-state index in [0.29, 0.717) is 36.4 Å². The van der Waals surface area contributed by atoms with Crippen LogP contribution in [-0.4, -0.2) is 46.5 Å². The largest absolute Gasteiger partial charge is 0.353 e. The number of fused-ring (bicyclic) bond motifs is 1. The Morgan fingerprint density at radius 2 is 1.76 bits per heavy atom. The van der Waals surface area contributed by atoms with E-state index >= 15 is 0 Å². The zero-order valence-corrected chi connectivity index (χ0v) is 19.4. The van der Waals surface area contributed by atoms with Crippen LogP contribution in [0.2, 0.25) is 0 Å². The lowest BCUT2D eigenvalue weighted by atomic mass is 10.1. The second-order valence-electron chi connectivity index (χ2n) is 8.90. The van der Waals surface area contributed by atoms with Crippen molar-refractivity contribution >= 4 is 22.8 Å². The van der Waals surface area contributed by atoms with Gasteiger partial charge in [-0.2, -0.15) is 0 Å². The van der Waals surface area contributed by atoms with Crippen LogP contribution >= 0.6 is 0 Å². The van der Waals surface area contributed by atoms with Crippen molar-refractivity contribution in [3.63, 3.8) is 0 Å². The van der Waals surface area contributed by atoms with Crippen molar-refractivity contribution in [2.45, 2.75) is 46.1 Å². The number of carbonyl (C=O) groups excluding carboxylic acids is 1. The lowest BCUT2D eigenvalue weighted by Gasteiger charge is -2.30. The first-order valence-corrected chi connectivity index (χ1v) is 11.6. The van der Waals surface area contributed by atoms with Crippen LogP contribution < -0.4 is 4.90 Å². The molecule has 0 unspecified atom stereocenters. The third-order valence-corrected chi connectivity index (χ3v) is 6.27. The summed E-state index contributed by atoms with van der Waals surface area (Å²) in [7, 11) is 0. The van der Waals surface area contributed by atoms with E-state index in [9.17, 15) is 13.6 Å². The summed E-state index contributed by atoms with van der Waals surface area (Å²) in [5, 5.41) is 0. The van der Waals surface area contributed by atoms with Crippen LogP contribution in [0.5, 0.6) is 0 Å². The molecule has 5 nitrogen and oxygen atoms in total. The molecule has 1 aromatic heterocycles. The predicted octanol–water partition coefficient (Wildman–Crippen LogP) is 4.78. The maximum absolute atomic E-state index is 13.9. The fourth-order valence-corrected chi connectivity index (χ4v) is 4.52. The van der Waals surface area contributed by atoms with Crippen LogP contribution in [0.3, 0.4) is 0 Å². The molecule has 33 heavy (non-hydrogen) atoms. The van der Waals surface area contributed by atoms with Crippen molar-refractivity contribution in [3.05, 3.63) is 65.4 Å². The fraction of sp³-hybridized carbons (Fsp3) is 0.423. The predicted molar refractivity (Wildman–Crippen MR) is 126 cm³/mol. The van der Waals surface area contributed by atoms with Crippen molar-refractivity contribution in [1.29, 1.82) is 0 Å². The third kappa shape index (κ3) is 4.97. The van der Waals surface area contributed by atoms with Gasteiger partial charge in [0.05, 0.1) is 22.8 Å². The summed E-state index contributed by atoms with van der Waals surface area (Å²) in [5.74, 6) is -1.07. The average molecular weight is 453 g/mol. The van der Waals surface area contributed by atoms with Crippen LogP contribution in [0.15, 0.2) is 42.5 Å². The Bertz CT molecular complexity index is 1140. The Morgan fingerprint density at radius 3 is 2.39 bits per heavy atom. The fourth-order valence-electron chi connectivity index (χ4n) is 4.52. The minimum Gasteiger partial charge on any atom is -0.353 e. The second-order valence-corrected chi connectivity index (χ2v) is 8.90. The van der Waals surface area contributed by atoms with Gasteiger partial charge in [-0.05, 0) is 31.7 Å². The van der Waals surface area contributed by atoms with E-state index in [2.05, 4.69) is 17.0 Å². The molecule has 4 rings (SSSR count). The van der Waals surface area contributed by atoms with Crippen molar-refractivity contribution in [3.8, 4) is 0 Å². The molecule has 7 heteroatoms. The molecule has 0 aliphatic carbocycles. The number of nitrogens with zero attached hydrogens (tertiary/aromatic N) is 4. The normalized spacial score (nSPS) is 16.1. The van der Waals surface area contributed by atoms with Crippen molar-refractivity contribution in [2.75, 3.05) is 24.5 Å². The van der Waals surface area contributed by atoms with Crippen LogP contribution in [0.1, 0.15) is 38.4 Å². The highest BCUT2D eigenvalue weighted by molar-refractivity contribution is 5.79. The molecule has 0 bridgehead atoms. The zero-order chi connectivity index (χ0) is 23.5. The number of aromatic nitrogens is 2. The topological polar surface area (TPSA) is 49.3 Å². The number of hydrogen-bond donors (Lipinski definition) is 0. The van der Waals surface area contributed by atoms with E-state index in [0.717, 1.165) is 37.2 Å². The van der Waals surface area contributed by atoms with E-state index in [-0.39, 0.29) is 17.9 Å². The molecule has 1 amide bonds. The van der Waals surface area contributed by atoms with Crippen LogP contribution in [0.4, 0.5) is 14.6 Å². The molecule has 3 aromatic rings. The molecule has 1 aliphatic rings. The molecule has 0 radical (unpaired) electrons. The molecule has 2 aromatic carbocycles. The number of aryl methyl sites for hydroxylation is 2. The SMILES string of the molecule is CCN(C(=O)C(C)C)[C@H]1CCN(c2nc3cc(F)c(F)cc3nc2CCc2ccccc2)C1. The molecule has 0 saturated carbocycles. The lowest BCUT2D eigenvalue weighted by Crippen LogP contribution is -2.44. The standard InChI is InChI=1S/C26H30F2N4O/c1-4-32(26(33)17(2)3)19-12-13-31(16-19)25-22(11-10-18-8-6-5-7-9-18)29-23-14-20(27)21(28)15-24(23)30-25/h5-9,14-15,17,19H,4,10-13,16H2,1-3H3/t19-/m0/s1. The van der Waals surface area contributed by atoms with Gasteiger partial charge in [-0.1, -0.05) is 44.2 Å². The van der Waals surface area contributed by atoms with Gasteiger partial charge in [0.2, 0.25) is 5.91 Å². The minimum absolute atomic E-state index is 0.0567. The first kappa shape index (κ1) is 23.1. The van der Waals surface area contributed by atoms with Gasteiger partial charge in [0.1, 0.15) is 0 Å². The molecule has 0 spiro atoms.